The van der Waals surface area contributed by atoms with Crippen LogP contribution in [0.3, 0.4) is 0 Å². The van der Waals surface area contributed by atoms with Gasteiger partial charge in [-0.3, -0.25) is 0 Å². The van der Waals surface area contributed by atoms with Crippen molar-refractivity contribution in [3.8, 4) is 5.69 Å². The molecule has 0 saturated carbocycles. The number of nitrogens with zero attached hydrogens (tertiary/aromatic N) is 4. The van der Waals surface area contributed by atoms with E-state index >= 15 is 0 Å². The minimum atomic E-state index is 0.958. The average molecular weight is 249 g/mol. The lowest BCUT2D eigenvalue weighted by Crippen LogP contribution is -2.07. The third-order valence-electron chi connectivity index (χ3n) is 2.34. The Labute approximate surface area is 105 Å². The van der Waals surface area contributed by atoms with E-state index in [4.69, 9.17) is 0 Å². The minimum absolute atomic E-state index is 0.958. The first-order valence-corrected chi connectivity index (χ1v) is 6.86. The van der Waals surface area contributed by atoms with Gasteiger partial charge in [0, 0.05) is 6.54 Å². The highest BCUT2D eigenvalue weighted by molar-refractivity contribution is 7.98. The van der Waals surface area contributed by atoms with Gasteiger partial charge in [-0.1, -0.05) is 12.1 Å². The highest BCUT2D eigenvalue weighted by Crippen LogP contribution is 2.18. The second kappa shape index (κ2) is 6.24. The maximum atomic E-state index is 3.90. The quantitative estimate of drug-likeness (QED) is 0.791. The summed E-state index contributed by atoms with van der Waals surface area (Å²) in [5, 5.41) is 14.6. The summed E-state index contributed by atoms with van der Waals surface area (Å²) < 4.78 is 1.66. The Morgan fingerprint density at radius 1 is 1.35 bits per heavy atom. The van der Waals surface area contributed by atoms with Crippen LogP contribution in [0.1, 0.15) is 6.42 Å². The molecule has 1 aromatic carbocycles. The van der Waals surface area contributed by atoms with Crippen molar-refractivity contribution >= 4 is 17.4 Å². The third-order valence-corrected chi connectivity index (χ3v) is 3.04. The molecule has 90 valence electrons. The van der Waals surface area contributed by atoms with Crippen LogP contribution in [0.15, 0.2) is 30.6 Å². The number of tetrazole rings is 1. The molecular formula is C11H15N5S. The molecule has 0 spiro atoms. The van der Waals surface area contributed by atoms with Crippen molar-refractivity contribution in [3.05, 3.63) is 30.6 Å². The van der Waals surface area contributed by atoms with Crippen LogP contribution in [0.2, 0.25) is 0 Å². The van der Waals surface area contributed by atoms with E-state index in [1.165, 1.54) is 5.75 Å². The average Bonchev–Trinajstić information content (AvgIpc) is 2.89. The minimum Gasteiger partial charge on any atom is -0.383 e. The summed E-state index contributed by atoms with van der Waals surface area (Å²) in [5.74, 6) is 1.17. The van der Waals surface area contributed by atoms with Crippen LogP contribution in [0, 0.1) is 0 Å². The molecule has 0 saturated heterocycles. The highest BCUT2D eigenvalue weighted by Gasteiger charge is 2.03. The summed E-state index contributed by atoms with van der Waals surface area (Å²) in [7, 11) is 0. The van der Waals surface area contributed by atoms with E-state index in [0.29, 0.717) is 0 Å². The van der Waals surface area contributed by atoms with Crippen molar-refractivity contribution in [2.24, 2.45) is 0 Å². The summed E-state index contributed by atoms with van der Waals surface area (Å²) in [6.07, 6.45) is 4.86. The Hall–Kier alpha value is -1.56. The lowest BCUT2D eigenvalue weighted by Gasteiger charge is -2.10. The Kier molecular flexibility index (Phi) is 4.37. The predicted molar refractivity (Wildman–Crippen MR) is 70.6 cm³/mol. The summed E-state index contributed by atoms with van der Waals surface area (Å²) in [6.45, 7) is 0.958. The number of aromatic nitrogens is 4. The molecule has 17 heavy (non-hydrogen) atoms. The first-order chi connectivity index (χ1) is 8.42. The van der Waals surface area contributed by atoms with Crippen LogP contribution in [-0.4, -0.2) is 38.8 Å². The molecule has 0 aliphatic heterocycles. The molecule has 0 radical (unpaired) electrons. The molecule has 2 rings (SSSR count). The molecule has 2 aromatic rings. The summed E-state index contributed by atoms with van der Waals surface area (Å²) in [4.78, 5) is 0. The van der Waals surface area contributed by atoms with Gasteiger partial charge < -0.3 is 5.32 Å². The second-order valence-electron chi connectivity index (χ2n) is 3.54. The van der Waals surface area contributed by atoms with Gasteiger partial charge in [0.25, 0.3) is 0 Å². The van der Waals surface area contributed by atoms with Gasteiger partial charge in [-0.25, -0.2) is 0 Å². The molecule has 5 nitrogen and oxygen atoms in total. The number of hydrogen-bond donors (Lipinski definition) is 1. The summed E-state index contributed by atoms with van der Waals surface area (Å²) in [6, 6.07) is 8.01. The SMILES string of the molecule is CSCCCNc1ccccc1-n1cnnn1. The zero-order valence-electron chi connectivity index (χ0n) is 9.71. The number of benzene rings is 1. The summed E-state index contributed by atoms with van der Waals surface area (Å²) >= 11 is 1.86. The molecule has 1 heterocycles. The van der Waals surface area contributed by atoms with Crippen molar-refractivity contribution < 1.29 is 0 Å². The molecule has 0 aliphatic carbocycles. The molecule has 1 N–H and O–H groups in total. The number of para-hydroxylation sites is 2. The molecule has 0 aliphatic rings. The van der Waals surface area contributed by atoms with Crippen LogP contribution in [0.4, 0.5) is 5.69 Å². The molecule has 0 atom stereocenters. The Bertz CT molecular complexity index is 443. The zero-order valence-corrected chi connectivity index (χ0v) is 10.5. The normalized spacial score (nSPS) is 10.4. The topological polar surface area (TPSA) is 55.6 Å². The summed E-state index contributed by atoms with van der Waals surface area (Å²) in [5.41, 5.74) is 2.03. The predicted octanol–water partition coefficient (Wildman–Crippen LogP) is 1.83. The number of hydrogen-bond acceptors (Lipinski definition) is 5. The van der Waals surface area contributed by atoms with Crippen molar-refractivity contribution in [1.82, 2.24) is 20.2 Å². The van der Waals surface area contributed by atoms with Crippen LogP contribution in [0.25, 0.3) is 5.69 Å². The van der Waals surface area contributed by atoms with E-state index < -0.39 is 0 Å². The van der Waals surface area contributed by atoms with Gasteiger partial charge in [-0.15, -0.1) is 5.10 Å². The van der Waals surface area contributed by atoms with Gasteiger partial charge in [0.1, 0.15) is 6.33 Å². The fourth-order valence-corrected chi connectivity index (χ4v) is 1.97. The van der Waals surface area contributed by atoms with E-state index in [9.17, 15) is 0 Å². The third kappa shape index (κ3) is 3.20. The Morgan fingerprint density at radius 3 is 3.00 bits per heavy atom. The highest BCUT2D eigenvalue weighted by atomic mass is 32.2. The first kappa shape index (κ1) is 11.9. The molecule has 0 amide bonds. The van der Waals surface area contributed by atoms with Crippen molar-refractivity contribution in [2.45, 2.75) is 6.42 Å². The second-order valence-corrected chi connectivity index (χ2v) is 4.53. The van der Waals surface area contributed by atoms with Crippen molar-refractivity contribution in [3.63, 3.8) is 0 Å². The fraction of sp³-hybridized carbons (Fsp3) is 0.364. The van der Waals surface area contributed by atoms with E-state index in [1.807, 2.05) is 36.0 Å². The maximum absolute atomic E-state index is 3.90. The van der Waals surface area contributed by atoms with Gasteiger partial charge in [0.15, 0.2) is 0 Å². The van der Waals surface area contributed by atoms with Crippen molar-refractivity contribution in [2.75, 3.05) is 23.9 Å². The number of rotatable bonds is 6. The number of anilines is 1. The van der Waals surface area contributed by atoms with Crippen LogP contribution >= 0.6 is 11.8 Å². The molecular weight excluding hydrogens is 234 g/mol. The van der Waals surface area contributed by atoms with E-state index in [2.05, 4.69) is 27.1 Å². The molecule has 0 unspecified atom stereocenters. The zero-order chi connectivity index (χ0) is 11.9. The Morgan fingerprint density at radius 2 is 2.24 bits per heavy atom. The standard InChI is InChI=1S/C11H15N5S/c1-17-8-4-7-12-10-5-2-3-6-11(10)16-9-13-14-15-16/h2-3,5-6,9,12H,4,7-8H2,1H3. The maximum Gasteiger partial charge on any atom is 0.143 e. The molecule has 0 fully saturated rings. The smallest absolute Gasteiger partial charge is 0.143 e. The van der Waals surface area contributed by atoms with Gasteiger partial charge in [0.05, 0.1) is 11.4 Å². The van der Waals surface area contributed by atoms with E-state index in [-0.39, 0.29) is 0 Å². The van der Waals surface area contributed by atoms with Gasteiger partial charge >= 0.3 is 0 Å². The lowest BCUT2D eigenvalue weighted by molar-refractivity contribution is 0.789. The molecule has 1 aromatic heterocycles. The van der Waals surface area contributed by atoms with Gasteiger partial charge in [-0.2, -0.15) is 16.4 Å². The van der Waals surface area contributed by atoms with E-state index in [1.54, 1.807) is 11.0 Å². The first-order valence-electron chi connectivity index (χ1n) is 5.47. The van der Waals surface area contributed by atoms with Crippen LogP contribution in [-0.2, 0) is 0 Å². The van der Waals surface area contributed by atoms with Crippen LogP contribution in [0.5, 0.6) is 0 Å². The molecule has 0 bridgehead atoms. The lowest BCUT2D eigenvalue weighted by atomic mass is 10.2. The number of nitrogens with one attached hydrogen (secondary N) is 1. The van der Waals surface area contributed by atoms with Crippen LogP contribution < -0.4 is 5.32 Å². The largest absolute Gasteiger partial charge is 0.383 e. The van der Waals surface area contributed by atoms with Crippen molar-refractivity contribution in [1.29, 1.82) is 0 Å². The van der Waals surface area contributed by atoms with E-state index in [0.717, 1.165) is 24.3 Å². The molecule has 6 heteroatoms. The monoisotopic (exact) mass is 249 g/mol. The fourth-order valence-electron chi connectivity index (χ4n) is 1.53. The Balaban J connectivity index is 2.06. The van der Waals surface area contributed by atoms with Gasteiger partial charge in [0.2, 0.25) is 0 Å². The number of thioether (sulfide) groups is 1. The van der Waals surface area contributed by atoms with Gasteiger partial charge in [-0.05, 0) is 41.0 Å².